The quantitative estimate of drug-likeness (QED) is 0.867. The molecule has 6 heteroatoms. The van der Waals surface area contributed by atoms with Crippen LogP contribution in [0.25, 0.3) is 0 Å². The molecule has 18 heavy (non-hydrogen) atoms. The van der Waals surface area contributed by atoms with Crippen LogP contribution < -0.4 is 10.1 Å². The van der Waals surface area contributed by atoms with Crippen LogP contribution in [0.1, 0.15) is 5.56 Å². The number of nitrogens with zero attached hydrogens (tertiary/aromatic N) is 1. The van der Waals surface area contributed by atoms with E-state index in [-0.39, 0.29) is 18.1 Å². The van der Waals surface area contributed by atoms with Crippen molar-refractivity contribution in [2.75, 3.05) is 12.4 Å². The first-order valence-electron chi connectivity index (χ1n) is 5.30. The Morgan fingerprint density at radius 2 is 2.39 bits per heavy atom. The molecule has 0 spiro atoms. The Balaban J connectivity index is 2.01. The SMILES string of the molecule is COc1ccc(CC(=O)Nc2ncc[nH]2)cc1F. The van der Waals surface area contributed by atoms with Crippen LogP contribution in [-0.4, -0.2) is 23.0 Å². The fraction of sp³-hybridized carbons (Fsp3) is 0.167. The van der Waals surface area contributed by atoms with Crippen LogP contribution in [0.3, 0.4) is 0 Å². The predicted octanol–water partition coefficient (Wildman–Crippen LogP) is 1.74. The number of carbonyl (C=O) groups is 1. The minimum absolute atomic E-state index is 0.0710. The minimum atomic E-state index is -0.485. The number of nitrogens with one attached hydrogen (secondary N) is 2. The van der Waals surface area contributed by atoms with E-state index in [4.69, 9.17) is 4.74 Å². The molecule has 0 aliphatic rings. The van der Waals surface area contributed by atoms with Gasteiger partial charge in [0, 0.05) is 12.4 Å². The lowest BCUT2D eigenvalue weighted by atomic mass is 10.1. The summed E-state index contributed by atoms with van der Waals surface area (Å²) in [6.07, 6.45) is 3.20. The first-order chi connectivity index (χ1) is 8.69. The second-order valence-electron chi connectivity index (χ2n) is 3.63. The molecule has 0 atom stereocenters. The highest BCUT2D eigenvalue weighted by molar-refractivity contribution is 5.90. The third-order valence-corrected chi connectivity index (χ3v) is 2.34. The van der Waals surface area contributed by atoms with E-state index in [1.165, 1.54) is 25.4 Å². The van der Waals surface area contributed by atoms with Crippen molar-refractivity contribution in [1.82, 2.24) is 9.97 Å². The maximum absolute atomic E-state index is 13.4. The molecule has 0 radical (unpaired) electrons. The molecular weight excluding hydrogens is 237 g/mol. The number of imidazole rings is 1. The molecule has 0 aliphatic heterocycles. The summed E-state index contributed by atoms with van der Waals surface area (Å²) in [5, 5.41) is 2.56. The number of methoxy groups -OCH3 is 1. The molecule has 0 aliphatic carbocycles. The summed E-state index contributed by atoms with van der Waals surface area (Å²) in [5.74, 6) is -0.227. The number of rotatable bonds is 4. The van der Waals surface area contributed by atoms with Gasteiger partial charge in [0.25, 0.3) is 0 Å². The maximum Gasteiger partial charge on any atom is 0.231 e. The van der Waals surface area contributed by atoms with E-state index in [1.807, 2.05) is 0 Å². The normalized spacial score (nSPS) is 10.1. The smallest absolute Gasteiger partial charge is 0.231 e. The Morgan fingerprint density at radius 3 is 3.00 bits per heavy atom. The molecule has 1 aromatic carbocycles. The van der Waals surface area contributed by atoms with Gasteiger partial charge in [-0.2, -0.15) is 0 Å². The van der Waals surface area contributed by atoms with Gasteiger partial charge in [-0.3, -0.25) is 10.1 Å². The lowest BCUT2D eigenvalue weighted by Gasteiger charge is -2.05. The molecule has 1 heterocycles. The molecule has 2 rings (SSSR count). The number of hydrogen-bond acceptors (Lipinski definition) is 3. The largest absolute Gasteiger partial charge is 0.494 e. The van der Waals surface area contributed by atoms with Crippen LogP contribution >= 0.6 is 0 Å². The zero-order valence-corrected chi connectivity index (χ0v) is 9.74. The third kappa shape index (κ3) is 2.85. The fourth-order valence-electron chi connectivity index (χ4n) is 1.52. The monoisotopic (exact) mass is 249 g/mol. The van der Waals surface area contributed by atoms with Crippen LogP contribution in [0.5, 0.6) is 5.75 Å². The molecule has 0 bridgehead atoms. The van der Waals surface area contributed by atoms with Gasteiger partial charge >= 0.3 is 0 Å². The van der Waals surface area contributed by atoms with Gasteiger partial charge in [-0.1, -0.05) is 6.07 Å². The lowest BCUT2D eigenvalue weighted by molar-refractivity contribution is -0.115. The summed E-state index contributed by atoms with van der Waals surface area (Å²) in [5.41, 5.74) is 0.567. The highest BCUT2D eigenvalue weighted by atomic mass is 19.1. The fourth-order valence-corrected chi connectivity index (χ4v) is 1.52. The number of benzene rings is 1. The van der Waals surface area contributed by atoms with Gasteiger partial charge in [0.05, 0.1) is 13.5 Å². The van der Waals surface area contributed by atoms with E-state index in [0.29, 0.717) is 11.5 Å². The van der Waals surface area contributed by atoms with Gasteiger partial charge in [-0.25, -0.2) is 9.37 Å². The van der Waals surface area contributed by atoms with E-state index < -0.39 is 5.82 Å². The number of anilines is 1. The van der Waals surface area contributed by atoms with E-state index in [2.05, 4.69) is 15.3 Å². The Hall–Kier alpha value is -2.37. The summed E-state index contributed by atoms with van der Waals surface area (Å²) < 4.78 is 18.2. The van der Waals surface area contributed by atoms with E-state index in [1.54, 1.807) is 12.3 Å². The summed E-state index contributed by atoms with van der Waals surface area (Å²) in [7, 11) is 1.39. The number of hydrogen-bond donors (Lipinski definition) is 2. The second kappa shape index (κ2) is 5.31. The number of aromatic nitrogens is 2. The average molecular weight is 249 g/mol. The van der Waals surface area contributed by atoms with Gasteiger partial charge in [0.2, 0.25) is 11.9 Å². The number of H-pyrrole nitrogens is 1. The van der Waals surface area contributed by atoms with Crippen molar-refractivity contribution in [3.8, 4) is 5.75 Å². The van der Waals surface area contributed by atoms with E-state index in [0.717, 1.165) is 0 Å². The van der Waals surface area contributed by atoms with Gasteiger partial charge in [0.1, 0.15) is 0 Å². The van der Waals surface area contributed by atoms with Gasteiger partial charge in [0.15, 0.2) is 11.6 Å². The predicted molar refractivity (Wildman–Crippen MR) is 63.9 cm³/mol. The van der Waals surface area contributed by atoms with Crippen molar-refractivity contribution >= 4 is 11.9 Å². The molecule has 2 aromatic rings. The molecule has 2 N–H and O–H groups in total. The van der Waals surface area contributed by atoms with Gasteiger partial charge in [-0.05, 0) is 17.7 Å². The summed E-state index contributed by atoms with van der Waals surface area (Å²) in [6.45, 7) is 0. The molecule has 1 aromatic heterocycles. The molecular formula is C12H12FN3O2. The second-order valence-corrected chi connectivity index (χ2v) is 3.63. The van der Waals surface area contributed by atoms with Crippen molar-refractivity contribution < 1.29 is 13.9 Å². The van der Waals surface area contributed by atoms with Crippen LogP contribution in [0.2, 0.25) is 0 Å². The zero-order chi connectivity index (χ0) is 13.0. The number of aromatic amines is 1. The van der Waals surface area contributed by atoms with Crippen LogP contribution in [-0.2, 0) is 11.2 Å². The average Bonchev–Trinajstić information content (AvgIpc) is 2.82. The highest BCUT2D eigenvalue weighted by Gasteiger charge is 2.08. The Kier molecular flexibility index (Phi) is 3.57. The number of amides is 1. The summed E-state index contributed by atoms with van der Waals surface area (Å²) >= 11 is 0. The highest BCUT2D eigenvalue weighted by Crippen LogP contribution is 2.18. The van der Waals surface area contributed by atoms with Crippen molar-refractivity contribution in [3.05, 3.63) is 42.0 Å². The van der Waals surface area contributed by atoms with Crippen LogP contribution in [0.4, 0.5) is 10.3 Å². The van der Waals surface area contributed by atoms with Crippen molar-refractivity contribution in [2.24, 2.45) is 0 Å². The van der Waals surface area contributed by atoms with Gasteiger partial charge in [-0.15, -0.1) is 0 Å². The van der Waals surface area contributed by atoms with Gasteiger partial charge < -0.3 is 9.72 Å². The molecule has 0 unspecified atom stereocenters. The summed E-state index contributed by atoms with van der Waals surface area (Å²) in [4.78, 5) is 18.2. The first-order valence-corrected chi connectivity index (χ1v) is 5.30. The summed E-state index contributed by atoms with van der Waals surface area (Å²) in [6, 6.07) is 4.41. The maximum atomic E-state index is 13.4. The molecule has 1 amide bonds. The molecule has 0 saturated heterocycles. The molecule has 0 fully saturated rings. The minimum Gasteiger partial charge on any atom is -0.494 e. The Labute approximate surface area is 103 Å². The molecule has 0 saturated carbocycles. The Morgan fingerprint density at radius 1 is 1.56 bits per heavy atom. The standard InChI is InChI=1S/C12H12FN3O2/c1-18-10-3-2-8(6-9(10)13)7-11(17)16-12-14-4-5-15-12/h2-6H,7H2,1H3,(H2,14,15,16,17). The zero-order valence-electron chi connectivity index (χ0n) is 9.74. The Bertz CT molecular complexity index is 540. The van der Waals surface area contributed by atoms with Crippen LogP contribution in [0.15, 0.2) is 30.6 Å². The van der Waals surface area contributed by atoms with Crippen molar-refractivity contribution in [2.45, 2.75) is 6.42 Å². The van der Waals surface area contributed by atoms with Crippen molar-refractivity contribution in [1.29, 1.82) is 0 Å². The molecule has 94 valence electrons. The topological polar surface area (TPSA) is 67.0 Å². The lowest BCUT2D eigenvalue weighted by Crippen LogP contribution is -2.15. The van der Waals surface area contributed by atoms with Crippen molar-refractivity contribution in [3.63, 3.8) is 0 Å². The third-order valence-electron chi connectivity index (χ3n) is 2.34. The number of carbonyl (C=O) groups excluding carboxylic acids is 1. The molecule has 5 nitrogen and oxygen atoms in total. The van der Waals surface area contributed by atoms with E-state index in [9.17, 15) is 9.18 Å². The first kappa shape index (κ1) is 12.1. The van der Waals surface area contributed by atoms with Crippen LogP contribution in [0, 0.1) is 5.82 Å². The number of halogens is 1. The number of ether oxygens (including phenoxy) is 1. The van der Waals surface area contributed by atoms with E-state index >= 15 is 0 Å².